The summed E-state index contributed by atoms with van der Waals surface area (Å²) in [4.78, 5) is 10.4. The van der Waals surface area contributed by atoms with Crippen LogP contribution in [0, 0.1) is 10.1 Å². The summed E-state index contributed by atoms with van der Waals surface area (Å²) in [6, 6.07) is 3.41. The molecule has 2 rings (SSSR count). The van der Waals surface area contributed by atoms with Crippen LogP contribution < -0.4 is 0 Å². The first-order chi connectivity index (χ1) is 6.61. The van der Waals surface area contributed by atoms with Crippen molar-refractivity contribution in [1.82, 2.24) is 0 Å². The quantitative estimate of drug-likeness (QED) is 0.583. The number of rotatable bonds is 1. The monoisotopic (exact) mass is 291 g/mol. The summed E-state index contributed by atoms with van der Waals surface area (Å²) in [5, 5.41) is 13.8. The molecule has 0 saturated heterocycles. The number of nitrogens with zero attached hydrogens (tertiary/aromatic N) is 1. The minimum atomic E-state index is -0.404. The Morgan fingerprint density at radius 3 is 2.86 bits per heavy atom. The van der Waals surface area contributed by atoms with Crippen LogP contribution in [0.15, 0.2) is 22.0 Å². The third kappa shape index (κ3) is 1.41. The summed E-state index contributed by atoms with van der Waals surface area (Å²) in [6.07, 6.45) is 0. The van der Waals surface area contributed by atoms with Gasteiger partial charge >= 0.3 is 5.69 Å². The van der Waals surface area contributed by atoms with Crippen LogP contribution in [0.2, 0.25) is 5.02 Å². The normalized spacial score (nSPS) is 10.7. The highest BCUT2D eigenvalue weighted by molar-refractivity contribution is 9.10. The molecule has 0 N–H and O–H groups in total. The molecule has 0 aliphatic heterocycles. The third-order valence-electron chi connectivity index (χ3n) is 1.80. The Hall–Kier alpha value is -0.650. The first-order valence-electron chi connectivity index (χ1n) is 3.61. The first-order valence-corrected chi connectivity index (χ1v) is 5.66. The van der Waals surface area contributed by atoms with Gasteiger partial charge in [0, 0.05) is 10.8 Å². The molecule has 0 bridgehead atoms. The van der Waals surface area contributed by atoms with E-state index in [4.69, 9.17) is 11.6 Å². The molecule has 0 spiro atoms. The molecule has 0 aliphatic rings. The van der Waals surface area contributed by atoms with E-state index < -0.39 is 4.92 Å². The van der Waals surface area contributed by atoms with Crippen molar-refractivity contribution < 1.29 is 4.92 Å². The summed E-state index contributed by atoms with van der Waals surface area (Å²) < 4.78 is 1.09. The topological polar surface area (TPSA) is 43.1 Å². The van der Waals surface area contributed by atoms with E-state index in [1.165, 1.54) is 11.3 Å². The summed E-state index contributed by atoms with van der Waals surface area (Å²) in [7, 11) is 0. The van der Waals surface area contributed by atoms with E-state index in [0.717, 1.165) is 5.39 Å². The summed E-state index contributed by atoms with van der Waals surface area (Å²) in [5.74, 6) is 0. The van der Waals surface area contributed by atoms with Gasteiger partial charge in [0.1, 0.15) is 4.70 Å². The maximum absolute atomic E-state index is 10.8. The predicted molar refractivity (Wildman–Crippen MR) is 61.2 cm³/mol. The summed E-state index contributed by atoms with van der Waals surface area (Å²) in [6.45, 7) is 0. The van der Waals surface area contributed by atoms with Gasteiger partial charge in [-0.3, -0.25) is 10.1 Å². The Kier molecular flexibility index (Phi) is 2.47. The molecule has 2 aromatic rings. The van der Waals surface area contributed by atoms with Crippen molar-refractivity contribution in [2.75, 3.05) is 0 Å². The Morgan fingerprint density at radius 2 is 2.21 bits per heavy atom. The number of nitro groups is 1. The van der Waals surface area contributed by atoms with E-state index in [9.17, 15) is 10.1 Å². The molecule has 3 nitrogen and oxygen atoms in total. The van der Waals surface area contributed by atoms with Crippen molar-refractivity contribution in [2.24, 2.45) is 0 Å². The molecule has 0 atom stereocenters. The molecule has 6 heteroatoms. The van der Waals surface area contributed by atoms with Crippen LogP contribution in [0.4, 0.5) is 5.69 Å². The molecular weight excluding hydrogens is 290 g/mol. The van der Waals surface area contributed by atoms with E-state index in [-0.39, 0.29) is 5.69 Å². The van der Waals surface area contributed by atoms with E-state index >= 15 is 0 Å². The number of hydrogen-bond acceptors (Lipinski definition) is 3. The van der Waals surface area contributed by atoms with Gasteiger partial charge in [-0.15, -0.1) is 11.3 Å². The third-order valence-corrected chi connectivity index (χ3v) is 3.89. The van der Waals surface area contributed by atoms with Crippen LogP contribution in [0.25, 0.3) is 10.1 Å². The van der Waals surface area contributed by atoms with Gasteiger partial charge in [-0.05, 0) is 22.0 Å². The van der Waals surface area contributed by atoms with Gasteiger partial charge in [0.15, 0.2) is 0 Å². The number of benzene rings is 1. The van der Waals surface area contributed by atoms with E-state index in [1.54, 1.807) is 17.5 Å². The summed E-state index contributed by atoms with van der Waals surface area (Å²) >= 11 is 10.3. The number of nitro benzene ring substituents is 1. The molecule has 0 unspecified atom stereocenters. The Balaban J connectivity index is 2.90. The average molecular weight is 293 g/mol. The van der Waals surface area contributed by atoms with Gasteiger partial charge in [0.2, 0.25) is 0 Å². The average Bonchev–Trinajstić information content (AvgIpc) is 2.47. The molecule has 0 saturated carbocycles. The fourth-order valence-corrected chi connectivity index (χ4v) is 3.10. The van der Waals surface area contributed by atoms with Gasteiger partial charge in [-0.25, -0.2) is 0 Å². The minimum Gasteiger partial charge on any atom is -0.258 e. The maximum Gasteiger partial charge on any atom is 0.301 e. The number of hydrogen-bond donors (Lipinski definition) is 0. The molecular formula is C8H3BrClNO2S. The lowest BCUT2D eigenvalue weighted by Crippen LogP contribution is -1.88. The fourth-order valence-electron chi connectivity index (χ4n) is 1.20. The van der Waals surface area contributed by atoms with Crippen molar-refractivity contribution in [3.63, 3.8) is 0 Å². The Morgan fingerprint density at radius 1 is 1.50 bits per heavy atom. The van der Waals surface area contributed by atoms with E-state index in [0.29, 0.717) is 14.2 Å². The second-order valence-electron chi connectivity index (χ2n) is 2.61. The number of halogens is 2. The van der Waals surface area contributed by atoms with Crippen LogP contribution in [-0.2, 0) is 0 Å². The molecule has 1 heterocycles. The molecule has 0 aliphatic carbocycles. The molecule has 14 heavy (non-hydrogen) atoms. The Bertz CT molecular complexity index is 525. The lowest BCUT2D eigenvalue weighted by molar-refractivity contribution is -0.383. The smallest absolute Gasteiger partial charge is 0.258 e. The van der Waals surface area contributed by atoms with Crippen molar-refractivity contribution in [1.29, 1.82) is 0 Å². The SMILES string of the molecule is O=[N+]([O-])c1c(Br)ccc2c(Cl)csc12. The van der Waals surface area contributed by atoms with Crippen LogP contribution >= 0.6 is 38.9 Å². The largest absolute Gasteiger partial charge is 0.301 e. The number of thiophene rings is 1. The van der Waals surface area contributed by atoms with Crippen molar-refractivity contribution >= 4 is 54.6 Å². The first kappa shape index (κ1) is 9.89. The van der Waals surface area contributed by atoms with Gasteiger partial charge in [0.25, 0.3) is 0 Å². The lowest BCUT2D eigenvalue weighted by Gasteiger charge is -1.96. The molecule has 72 valence electrons. The minimum absolute atomic E-state index is 0.0828. The highest BCUT2D eigenvalue weighted by Crippen LogP contribution is 2.40. The standard InChI is InChI=1S/C8H3BrClNO2S/c9-5-2-1-4-6(10)3-14-8(4)7(5)11(12)13/h1-3H. The molecule has 0 radical (unpaired) electrons. The number of fused-ring (bicyclic) bond motifs is 1. The highest BCUT2D eigenvalue weighted by Gasteiger charge is 2.19. The molecule has 0 amide bonds. The van der Waals surface area contributed by atoms with E-state index in [2.05, 4.69) is 15.9 Å². The second-order valence-corrected chi connectivity index (χ2v) is 4.75. The van der Waals surface area contributed by atoms with Crippen LogP contribution in [0.5, 0.6) is 0 Å². The highest BCUT2D eigenvalue weighted by atomic mass is 79.9. The zero-order valence-electron chi connectivity index (χ0n) is 6.66. The zero-order valence-corrected chi connectivity index (χ0v) is 9.82. The lowest BCUT2D eigenvalue weighted by atomic mass is 10.2. The van der Waals surface area contributed by atoms with Crippen molar-refractivity contribution in [3.05, 3.63) is 37.1 Å². The molecule has 1 aromatic heterocycles. The molecule has 1 aromatic carbocycles. The van der Waals surface area contributed by atoms with Gasteiger partial charge in [0.05, 0.1) is 14.4 Å². The zero-order chi connectivity index (χ0) is 10.3. The van der Waals surface area contributed by atoms with Crippen LogP contribution in [0.1, 0.15) is 0 Å². The fraction of sp³-hybridized carbons (Fsp3) is 0. The second kappa shape index (κ2) is 3.49. The van der Waals surface area contributed by atoms with Crippen LogP contribution in [-0.4, -0.2) is 4.92 Å². The van der Waals surface area contributed by atoms with Crippen molar-refractivity contribution in [3.8, 4) is 0 Å². The van der Waals surface area contributed by atoms with Gasteiger partial charge in [-0.2, -0.15) is 0 Å². The summed E-state index contributed by atoms with van der Waals surface area (Å²) in [5.41, 5.74) is 0.0828. The van der Waals surface area contributed by atoms with E-state index in [1.807, 2.05) is 0 Å². The van der Waals surface area contributed by atoms with Crippen LogP contribution in [0.3, 0.4) is 0 Å². The van der Waals surface area contributed by atoms with Gasteiger partial charge in [-0.1, -0.05) is 17.7 Å². The van der Waals surface area contributed by atoms with Crippen molar-refractivity contribution in [2.45, 2.75) is 0 Å². The molecule has 0 fully saturated rings. The Labute approximate surface area is 96.6 Å². The van der Waals surface area contributed by atoms with Gasteiger partial charge < -0.3 is 0 Å². The maximum atomic E-state index is 10.8. The predicted octanol–water partition coefficient (Wildman–Crippen LogP) is 4.23.